The van der Waals surface area contributed by atoms with Crippen LogP contribution in [0.15, 0.2) is 0 Å². The average molecular weight is 681 g/mol. The van der Waals surface area contributed by atoms with Crippen LogP contribution >= 0.6 is 0 Å². The molecule has 0 spiro atoms. The lowest BCUT2D eigenvalue weighted by Crippen LogP contribution is -2.49. The highest BCUT2D eigenvalue weighted by Gasteiger charge is 2.65. The van der Waals surface area contributed by atoms with Gasteiger partial charge >= 0.3 is 11.9 Å². The highest BCUT2D eigenvalue weighted by Crippen LogP contribution is 2.67. The van der Waals surface area contributed by atoms with Crippen LogP contribution in [0.4, 0.5) is 0 Å². The summed E-state index contributed by atoms with van der Waals surface area (Å²) in [6.07, 6.45) is 14.9. The zero-order chi connectivity index (χ0) is 35.2. The lowest BCUT2D eigenvalue weighted by Gasteiger charge is -2.46. The molecular formula is C44H72O5. The molecule has 8 fully saturated rings. The van der Waals surface area contributed by atoms with Crippen molar-refractivity contribution in [1.82, 2.24) is 0 Å². The molecule has 0 aromatic carbocycles. The number of hydrogen-bond donors (Lipinski definition) is 1. The first kappa shape index (κ1) is 36.3. The number of rotatable bonds is 10. The van der Waals surface area contributed by atoms with E-state index < -0.39 is 5.60 Å². The summed E-state index contributed by atoms with van der Waals surface area (Å²) in [5, 5.41) is 10.1. The van der Waals surface area contributed by atoms with Gasteiger partial charge in [0.2, 0.25) is 0 Å². The number of carbonyl (C=O) groups excluding carboxylic acids is 2. The summed E-state index contributed by atoms with van der Waals surface area (Å²) < 4.78 is 13.3. The molecule has 15 atom stereocenters. The van der Waals surface area contributed by atoms with Gasteiger partial charge in [-0.15, -0.1) is 0 Å². The Morgan fingerprint density at radius 2 is 1.55 bits per heavy atom. The van der Waals surface area contributed by atoms with E-state index >= 15 is 0 Å². The average Bonchev–Trinajstić information content (AvgIpc) is 3.82. The zero-order valence-electron chi connectivity index (χ0n) is 32.7. The molecule has 0 aliphatic heterocycles. The molecule has 8 aliphatic carbocycles. The lowest BCUT2D eigenvalue weighted by atomic mass is 9.61. The van der Waals surface area contributed by atoms with Gasteiger partial charge in [-0.25, -0.2) is 0 Å². The van der Waals surface area contributed by atoms with Crippen molar-refractivity contribution in [3.05, 3.63) is 0 Å². The Morgan fingerprint density at radius 3 is 2.20 bits per heavy atom. The minimum atomic E-state index is -0.497. The third-order valence-electron chi connectivity index (χ3n) is 17.0. The molecule has 49 heavy (non-hydrogen) atoms. The number of aliphatic hydroxyl groups excluding tert-OH is 1. The first-order chi connectivity index (χ1) is 23.0. The van der Waals surface area contributed by atoms with Gasteiger partial charge in [-0.05, 0) is 180 Å². The van der Waals surface area contributed by atoms with Gasteiger partial charge in [-0.2, -0.15) is 0 Å². The molecule has 0 amide bonds. The van der Waals surface area contributed by atoms with Crippen LogP contribution in [-0.4, -0.2) is 34.4 Å². The van der Waals surface area contributed by atoms with Gasteiger partial charge in [0.15, 0.2) is 0 Å². The van der Waals surface area contributed by atoms with Gasteiger partial charge in [-0.1, -0.05) is 48.5 Å². The van der Waals surface area contributed by atoms with Crippen molar-refractivity contribution in [2.45, 2.75) is 170 Å². The quantitative estimate of drug-likeness (QED) is 0.233. The summed E-state index contributed by atoms with van der Waals surface area (Å²) in [4.78, 5) is 28.3. The van der Waals surface area contributed by atoms with E-state index in [0.29, 0.717) is 65.1 Å². The Bertz CT molecular complexity index is 1220. The molecule has 8 aliphatic rings. The van der Waals surface area contributed by atoms with Crippen LogP contribution < -0.4 is 0 Å². The fraction of sp³-hybridized carbons (Fsp3) is 0.955. The fourth-order valence-electron chi connectivity index (χ4n) is 14.8. The van der Waals surface area contributed by atoms with Gasteiger partial charge in [0.25, 0.3) is 0 Å². The van der Waals surface area contributed by atoms with E-state index in [9.17, 15) is 14.7 Å². The molecule has 8 rings (SSSR count). The summed E-state index contributed by atoms with van der Waals surface area (Å²) in [6.45, 7) is 21.0. The van der Waals surface area contributed by atoms with E-state index in [2.05, 4.69) is 62.3 Å². The molecule has 0 aromatic rings. The summed E-state index contributed by atoms with van der Waals surface area (Å²) in [6, 6.07) is 0. The van der Waals surface area contributed by atoms with Crippen molar-refractivity contribution in [2.75, 3.05) is 0 Å². The topological polar surface area (TPSA) is 72.8 Å². The van der Waals surface area contributed by atoms with Crippen molar-refractivity contribution in [3.8, 4) is 0 Å². The number of esters is 2. The molecule has 0 saturated heterocycles. The first-order valence-electron chi connectivity index (χ1n) is 21.2. The Kier molecular flexibility index (Phi) is 9.68. The van der Waals surface area contributed by atoms with E-state index in [-0.39, 0.29) is 40.9 Å². The Morgan fingerprint density at radius 1 is 0.837 bits per heavy atom. The Hall–Kier alpha value is -1.10. The second-order valence-corrected chi connectivity index (χ2v) is 21.1. The molecule has 278 valence electrons. The zero-order valence-corrected chi connectivity index (χ0v) is 32.7. The Labute approximate surface area is 299 Å². The van der Waals surface area contributed by atoms with E-state index in [0.717, 1.165) is 69.6 Å². The minimum Gasteiger partial charge on any atom is -0.459 e. The molecule has 0 heterocycles. The van der Waals surface area contributed by atoms with E-state index in [4.69, 9.17) is 9.47 Å². The van der Waals surface area contributed by atoms with Gasteiger partial charge in [0, 0.05) is 5.92 Å². The van der Waals surface area contributed by atoms with E-state index in [1.54, 1.807) is 0 Å². The Balaban J connectivity index is 1.03. The van der Waals surface area contributed by atoms with Crippen LogP contribution in [0.5, 0.6) is 0 Å². The smallest absolute Gasteiger partial charge is 0.309 e. The minimum absolute atomic E-state index is 0.0128. The number of carbonyl (C=O) groups is 2. The maximum atomic E-state index is 14.3. The fourth-order valence-corrected chi connectivity index (χ4v) is 14.8. The predicted octanol–water partition coefficient (Wildman–Crippen LogP) is 9.88. The van der Waals surface area contributed by atoms with Crippen LogP contribution in [-0.2, 0) is 19.1 Å². The number of aliphatic hydroxyl groups is 1. The highest BCUT2D eigenvalue weighted by atomic mass is 16.6. The van der Waals surface area contributed by atoms with Gasteiger partial charge in [0.05, 0.1) is 17.9 Å². The van der Waals surface area contributed by atoms with Crippen LogP contribution in [0, 0.1) is 94.2 Å². The molecule has 5 heteroatoms. The molecule has 8 saturated carbocycles. The summed E-state index contributed by atoms with van der Waals surface area (Å²) in [5.41, 5.74) is -0.471. The second-order valence-electron chi connectivity index (χ2n) is 21.1. The predicted molar refractivity (Wildman–Crippen MR) is 194 cm³/mol. The molecule has 6 bridgehead atoms. The molecule has 5 nitrogen and oxygen atoms in total. The normalized spacial score (nSPS) is 47.1. The summed E-state index contributed by atoms with van der Waals surface area (Å²) in [7, 11) is 0. The summed E-state index contributed by atoms with van der Waals surface area (Å²) >= 11 is 0. The van der Waals surface area contributed by atoms with Gasteiger partial charge < -0.3 is 14.6 Å². The molecule has 15 unspecified atom stereocenters. The molecule has 1 N–H and O–H groups in total. The monoisotopic (exact) mass is 681 g/mol. The second kappa shape index (κ2) is 13.1. The number of hydrogen-bond acceptors (Lipinski definition) is 5. The van der Waals surface area contributed by atoms with Crippen molar-refractivity contribution in [3.63, 3.8) is 0 Å². The van der Waals surface area contributed by atoms with E-state index in [1.807, 2.05) is 0 Å². The van der Waals surface area contributed by atoms with Crippen LogP contribution in [0.3, 0.4) is 0 Å². The van der Waals surface area contributed by atoms with Crippen molar-refractivity contribution in [1.29, 1.82) is 0 Å². The molecule has 0 radical (unpaired) electrons. The molecular weight excluding hydrogens is 608 g/mol. The molecule has 0 aromatic heterocycles. The lowest BCUT2D eigenvalue weighted by molar-refractivity contribution is -0.184. The number of fused-ring (bicyclic) bond motifs is 2. The third kappa shape index (κ3) is 6.36. The number of ether oxygens (including phenoxy) is 2. The first-order valence-corrected chi connectivity index (χ1v) is 21.2. The van der Waals surface area contributed by atoms with Crippen LogP contribution in [0.25, 0.3) is 0 Å². The maximum absolute atomic E-state index is 14.3. The van der Waals surface area contributed by atoms with Crippen LogP contribution in [0.2, 0.25) is 0 Å². The van der Waals surface area contributed by atoms with E-state index in [1.165, 1.54) is 32.1 Å². The maximum Gasteiger partial charge on any atom is 0.309 e. The highest BCUT2D eigenvalue weighted by molar-refractivity contribution is 5.74. The standard InChI is InChI=1S/C44H72O5/c1-10-44(31-19-27-18-28(21-31)38(44)20-27)49-41(47)37-23-29-22-34(37)35(39(29)42(5,6)7)17-25(3)26(4)33-15-24(2)16-36(33)40(46)48-43(8,9)30-11-13-32(45)14-12-30/h24-39,45H,10-23H2,1-9H3. The largest absolute Gasteiger partial charge is 0.459 e. The van der Waals surface area contributed by atoms with Crippen molar-refractivity contribution >= 4 is 11.9 Å². The van der Waals surface area contributed by atoms with Crippen molar-refractivity contribution < 1.29 is 24.2 Å². The SMILES string of the molecule is CCC1(OC(=O)C2CC3CC2C(CC(C)C(C)C2CC(C)CC2C(=O)OC(C)(C)C2CCC(O)CC2)C3C(C)(C)C)C2CC3CC(C2)C1C3. The summed E-state index contributed by atoms with van der Waals surface area (Å²) in [5.74, 6) is 7.37. The van der Waals surface area contributed by atoms with Crippen molar-refractivity contribution in [2.24, 2.45) is 94.2 Å². The third-order valence-corrected chi connectivity index (χ3v) is 17.0. The van der Waals surface area contributed by atoms with Gasteiger partial charge in [0.1, 0.15) is 11.2 Å². The van der Waals surface area contributed by atoms with Crippen LogP contribution in [0.1, 0.15) is 152 Å². The van der Waals surface area contributed by atoms with Gasteiger partial charge in [-0.3, -0.25) is 9.59 Å².